The van der Waals surface area contributed by atoms with Crippen LogP contribution in [0.5, 0.6) is 5.75 Å². The Kier molecular flexibility index (Phi) is 6.43. The van der Waals surface area contributed by atoms with E-state index >= 15 is 0 Å². The van der Waals surface area contributed by atoms with Crippen molar-refractivity contribution in [1.29, 1.82) is 0 Å². The topological polar surface area (TPSA) is 67.4 Å². The molecule has 0 spiro atoms. The fraction of sp³-hybridized carbons (Fsp3) is 0.333. The minimum Gasteiger partial charge on any atom is -0.497 e. The molecule has 1 saturated carbocycles. The maximum absolute atomic E-state index is 12.6. The number of rotatable bonds is 5. The molecule has 3 atom stereocenters. The van der Waals surface area contributed by atoms with Gasteiger partial charge in [-0.05, 0) is 48.6 Å². The Balaban J connectivity index is 1.34. The molecule has 2 amide bonds. The predicted molar refractivity (Wildman–Crippen MR) is 120 cm³/mol. The Morgan fingerprint density at radius 2 is 1.93 bits per heavy atom. The van der Waals surface area contributed by atoms with Crippen LogP contribution >= 0.6 is 11.8 Å². The van der Waals surface area contributed by atoms with Gasteiger partial charge in [0.05, 0.1) is 12.0 Å². The zero-order valence-electron chi connectivity index (χ0n) is 17.0. The van der Waals surface area contributed by atoms with E-state index in [2.05, 4.69) is 10.6 Å². The quantitative estimate of drug-likeness (QED) is 0.720. The van der Waals surface area contributed by atoms with Crippen LogP contribution in [0.15, 0.2) is 59.5 Å². The lowest BCUT2D eigenvalue weighted by atomic mass is 9.84. The summed E-state index contributed by atoms with van der Waals surface area (Å²) in [7, 11) is 1.64. The van der Waals surface area contributed by atoms with Crippen LogP contribution in [0.3, 0.4) is 0 Å². The van der Waals surface area contributed by atoms with Crippen LogP contribution < -0.4 is 15.4 Å². The average Bonchev–Trinajstić information content (AvgIpc) is 2.79. The average molecular weight is 423 g/mol. The fourth-order valence-corrected chi connectivity index (χ4v) is 5.30. The molecule has 3 unspecified atom stereocenters. The summed E-state index contributed by atoms with van der Waals surface area (Å²) < 4.78 is 5.18. The monoisotopic (exact) mass is 422 g/mol. The van der Waals surface area contributed by atoms with E-state index in [4.69, 9.17) is 4.74 Å². The van der Waals surface area contributed by atoms with Gasteiger partial charge in [-0.15, -0.1) is 11.8 Å². The highest BCUT2D eigenvalue weighted by Crippen LogP contribution is 2.40. The molecule has 2 aliphatic rings. The smallest absolute Gasteiger partial charge is 0.257 e. The van der Waals surface area contributed by atoms with Gasteiger partial charge in [0, 0.05) is 23.8 Å². The first-order chi connectivity index (χ1) is 14.6. The Morgan fingerprint density at radius 1 is 1.17 bits per heavy atom. The van der Waals surface area contributed by atoms with Crippen molar-refractivity contribution in [2.75, 3.05) is 7.11 Å². The summed E-state index contributed by atoms with van der Waals surface area (Å²) in [5.74, 6) is 0.767. The highest BCUT2D eigenvalue weighted by molar-refractivity contribution is 8.04. The molecule has 1 aliphatic heterocycles. The molecule has 2 aromatic carbocycles. The summed E-state index contributed by atoms with van der Waals surface area (Å²) in [5, 5.41) is 6.49. The third-order valence-electron chi connectivity index (χ3n) is 5.70. The number of methoxy groups -OCH3 is 1. The van der Waals surface area contributed by atoms with Crippen LogP contribution in [-0.2, 0) is 16.1 Å². The number of thioether (sulfide) groups is 1. The first-order valence-electron chi connectivity index (χ1n) is 10.3. The first kappa shape index (κ1) is 20.5. The zero-order valence-corrected chi connectivity index (χ0v) is 17.8. The van der Waals surface area contributed by atoms with Crippen LogP contribution in [-0.4, -0.2) is 30.2 Å². The molecule has 2 aromatic rings. The summed E-state index contributed by atoms with van der Waals surface area (Å²) in [6.45, 7) is 0.542. The number of nitrogens with one attached hydrogen (secondary N) is 2. The van der Waals surface area contributed by atoms with Crippen molar-refractivity contribution in [1.82, 2.24) is 10.6 Å². The van der Waals surface area contributed by atoms with E-state index < -0.39 is 0 Å². The number of benzene rings is 2. The van der Waals surface area contributed by atoms with Gasteiger partial charge < -0.3 is 15.4 Å². The SMILES string of the molecule is COc1ccc(/C=C2/SC3CCC(C(=O)NCc4ccccc4)CC3NC2=O)cc1. The Labute approximate surface area is 181 Å². The molecule has 2 fully saturated rings. The van der Waals surface area contributed by atoms with Crippen molar-refractivity contribution in [2.24, 2.45) is 5.92 Å². The number of carbonyl (C=O) groups excluding carboxylic acids is 2. The van der Waals surface area contributed by atoms with Gasteiger partial charge in [0.25, 0.3) is 5.91 Å². The van der Waals surface area contributed by atoms with Gasteiger partial charge in [-0.3, -0.25) is 9.59 Å². The van der Waals surface area contributed by atoms with E-state index in [0.717, 1.165) is 34.6 Å². The van der Waals surface area contributed by atoms with Gasteiger partial charge in [0.1, 0.15) is 5.75 Å². The van der Waals surface area contributed by atoms with Crippen LogP contribution in [0.2, 0.25) is 0 Å². The fourth-order valence-electron chi connectivity index (χ4n) is 4.01. The number of fused-ring (bicyclic) bond motifs is 1. The second-order valence-corrected chi connectivity index (χ2v) is 9.01. The molecule has 5 nitrogen and oxygen atoms in total. The van der Waals surface area contributed by atoms with Gasteiger partial charge in [-0.2, -0.15) is 0 Å². The molecule has 156 valence electrons. The molecule has 1 heterocycles. The summed E-state index contributed by atoms with van der Waals surface area (Å²) in [6, 6.07) is 17.6. The number of hydrogen-bond donors (Lipinski definition) is 2. The lowest BCUT2D eigenvalue weighted by Crippen LogP contribution is -2.51. The van der Waals surface area contributed by atoms with Gasteiger partial charge in [0.15, 0.2) is 0 Å². The van der Waals surface area contributed by atoms with Gasteiger partial charge in [0.2, 0.25) is 5.91 Å². The van der Waals surface area contributed by atoms with Crippen LogP contribution in [0.4, 0.5) is 0 Å². The van der Waals surface area contributed by atoms with Crippen molar-refractivity contribution >= 4 is 29.7 Å². The van der Waals surface area contributed by atoms with Crippen molar-refractivity contribution < 1.29 is 14.3 Å². The predicted octanol–water partition coefficient (Wildman–Crippen LogP) is 3.75. The van der Waals surface area contributed by atoms with Gasteiger partial charge in [-0.25, -0.2) is 0 Å². The lowest BCUT2D eigenvalue weighted by molar-refractivity contribution is -0.127. The first-order valence-corrected chi connectivity index (χ1v) is 11.2. The molecule has 0 radical (unpaired) electrons. The number of ether oxygens (including phenoxy) is 1. The van der Waals surface area contributed by atoms with E-state index in [1.165, 1.54) is 0 Å². The van der Waals surface area contributed by atoms with Crippen molar-refractivity contribution in [3.8, 4) is 5.75 Å². The summed E-state index contributed by atoms with van der Waals surface area (Å²) in [4.78, 5) is 26.0. The largest absolute Gasteiger partial charge is 0.497 e. The number of hydrogen-bond acceptors (Lipinski definition) is 4. The molecule has 4 rings (SSSR count). The van der Waals surface area contributed by atoms with E-state index in [-0.39, 0.29) is 23.8 Å². The number of amides is 2. The molecule has 1 saturated heterocycles. The molecule has 2 N–H and O–H groups in total. The summed E-state index contributed by atoms with van der Waals surface area (Å²) in [5.41, 5.74) is 2.07. The van der Waals surface area contributed by atoms with Crippen molar-refractivity contribution in [3.05, 3.63) is 70.6 Å². The van der Waals surface area contributed by atoms with Gasteiger partial charge >= 0.3 is 0 Å². The standard InChI is InChI=1S/C24H26N2O3S/c1-29-19-10-7-16(8-11-19)13-22-24(28)26-20-14-18(9-12-21(20)30-22)23(27)25-15-17-5-3-2-4-6-17/h2-8,10-11,13,18,20-21H,9,12,14-15H2,1H3,(H,25,27)(H,26,28)/b22-13+. The summed E-state index contributed by atoms with van der Waals surface area (Å²) in [6.07, 6.45) is 4.38. The maximum atomic E-state index is 12.6. The highest BCUT2D eigenvalue weighted by atomic mass is 32.2. The second-order valence-electron chi connectivity index (χ2n) is 7.73. The van der Waals surface area contributed by atoms with E-state index in [1.54, 1.807) is 18.9 Å². The molecular formula is C24H26N2O3S. The molecule has 6 heteroatoms. The maximum Gasteiger partial charge on any atom is 0.257 e. The van der Waals surface area contributed by atoms with Crippen molar-refractivity contribution in [2.45, 2.75) is 37.1 Å². The minimum absolute atomic E-state index is 0.0387. The summed E-state index contributed by atoms with van der Waals surface area (Å²) >= 11 is 1.64. The Morgan fingerprint density at radius 3 is 2.67 bits per heavy atom. The zero-order chi connectivity index (χ0) is 20.9. The van der Waals surface area contributed by atoms with Crippen LogP contribution in [0, 0.1) is 5.92 Å². The van der Waals surface area contributed by atoms with Crippen LogP contribution in [0.1, 0.15) is 30.4 Å². The molecule has 1 aliphatic carbocycles. The van der Waals surface area contributed by atoms with Gasteiger partial charge in [-0.1, -0.05) is 42.5 Å². The minimum atomic E-state index is -0.0533. The second kappa shape index (κ2) is 9.39. The highest BCUT2D eigenvalue weighted by Gasteiger charge is 2.39. The Hall–Kier alpha value is -2.73. The molecule has 0 bridgehead atoms. The molecular weight excluding hydrogens is 396 g/mol. The number of carbonyl (C=O) groups is 2. The third kappa shape index (κ3) is 4.87. The van der Waals surface area contributed by atoms with E-state index in [0.29, 0.717) is 18.2 Å². The van der Waals surface area contributed by atoms with E-state index in [9.17, 15) is 9.59 Å². The molecule has 0 aromatic heterocycles. The van der Waals surface area contributed by atoms with Crippen molar-refractivity contribution in [3.63, 3.8) is 0 Å². The molecule has 30 heavy (non-hydrogen) atoms. The Bertz CT molecular complexity index is 927. The lowest BCUT2D eigenvalue weighted by Gasteiger charge is -2.39. The van der Waals surface area contributed by atoms with E-state index in [1.807, 2.05) is 60.7 Å². The normalized spacial score (nSPS) is 24.6. The van der Waals surface area contributed by atoms with Crippen LogP contribution in [0.25, 0.3) is 6.08 Å². The third-order valence-corrected chi connectivity index (χ3v) is 7.12.